The fourth-order valence-electron chi connectivity index (χ4n) is 3.93. The van der Waals surface area contributed by atoms with Crippen molar-refractivity contribution in [3.63, 3.8) is 0 Å². The molecule has 3 aromatic rings. The van der Waals surface area contributed by atoms with E-state index in [1.54, 1.807) is 12.1 Å². The van der Waals surface area contributed by atoms with E-state index in [4.69, 9.17) is 24.7 Å². The lowest BCUT2D eigenvalue weighted by molar-refractivity contribution is -0.385. The lowest BCUT2D eigenvalue weighted by atomic mass is 10.0. The Labute approximate surface area is 241 Å². The molecule has 0 heterocycles. The van der Waals surface area contributed by atoms with Crippen LogP contribution < -0.4 is 25.3 Å². The minimum Gasteiger partial charge on any atom is -0.496 e. The average Bonchev–Trinajstić information content (AvgIpc) is 2.97. The first-order valence-corrected chi connectivity index (χ1v) is 12.7. The number of non-ortho nitro benzene ring substituents is 1. The summed E-state index contributed by atoms with van der Waals surface area (Å²) in [5, 5.41) is 14.0. The molecule has 0 aliphatic heterocycles. The van der Waals surface area contributed by atoms with Gasteiger partial charge in [-0.05, 0) is 34.9 Å². The number of carbonyl (C=O) groups is 3. The van der Waals surface area contributed by atoms with Crippen LogP contribution in [0.3, 0.4) is 0 Å². The number of nitrogens with zero attached hydrogens (tertiary/aromatic N) is 1. The zero-order chi connectivity index (χ0) is 30.5. The van der Waals surface area contributed by atoms with Crippen molar-refractivity contribution in [2.45, 2.75) is 26.0 Å². The fourth-order valence-corrected chi connectivity index (χ4v) is 3.93. The molecule has 0 aromatic heterocycles. The Bertz CT molecular complexity index is 1410. The number of esters is 1. The SMILES string of the molecule is COc1ccc([N+](=O)[O-])cc1COC(=O)Cc1cc(OC)c(OCCOC(N)=O)cc1CNC(=O)Cc1ccccc1. The van der Waals surface area contributed by atoms with Gasteiger partial charge in [0.15, 0.2) is 11.5 Å². The smallest absolute Gasteiger partial charge is 0.404 e. The Balaban J connectivity index is 1.77. The van der Waals surface area contributed by atoms with Gasteiger partial charge in [0, 0.05) is 24.2 Å². The van der Waals surface area contributed by atoms with Crippen molar-refractivity contribution in [1.29, 1.82) is 0 Å². The van der Waals surface area contributed by atoms with Gasteiger partial charge in [0.25, 0.3) is 5.69 Å². The fraction of sp³-hybridized carbons (Fsp3) is 0.276. The number of benzene rings is 3. The molecule has 3 aromatic carbocycles. The Morgan fingerprint density at radius 3 is 2.21 bits per heavy atom. The maximum absolute atomic E-state index is 12.9. The molecule has 0 unspecified atom stereocenters. The Morgan fingerprint density at radius 2 is 1.55 bits per heavy atom. The van der Waals surface area contributed by atoms with Crippen LogP contribution >= 0.6 is 0 Å². The third-order valence-electron chi connectivity index (χ3n) is 5.95. The van der Waals surface area contributed by atoms with Crippen LogP contribution in [-0.2, 0) is 45.1 Å². The second kappa shape index (κ2) is 15.5. The highest BCUT2D eigenvalue weighted by atomic mass is 16.6. The summed E-state index contributed by atoms with van der Waals surface area (Å²) in [4.78, 5) is 46.9. The number of ether oxygens (including phenoxy) is 5. The van der Waals surface area contributed by atoms with Crippen molar-refractivity contribution in [2.75, 3.05) is 27.4 Å². The molecule has 2 amide bonds. The molecule has 0 aliphatic carbocycles. The number of rotatable bonds is 15. The van der Waals surface area contributed by atoms with E-state index in [-0.39, 0.29) is 62.3 Å². The molecule has 0 saturated carbocycles. The van der Waals surface area contributed by atoms with Gasteiger partial charge < -0.3 is 34.7 Å². The van der Waals surface area contributed by atoms with Crippen LogP contribution in [0.15, 0.2) is 60.7 Å². The largest absolute Gasteiger partial charge is 0.496 e. The normalized spacial score (nSPS) is 10.3. The highest BCUT2D eigenvalue weighted by Crippen LogP contribution is 2.32. The summed E-state index contributed by atoms with van der Waals surface area (Å²) in [6.07, 6.45) is -0.987. The van der Waals surface area contributed by atoms with Gasteiger partial charge in [-0.15, -0.1) is 0 Å². The van der Waals surface area contributed by atoms with Gasteiger partial charge in [-0.25, -0.2) is 4.79 Å². The van der Waals surface area contributed by atoms with Crippen molar-refractivity contribution in [3.05, 3.63) is 93.0 Å². The number of nitro benzene ring substituents is 1. The number of nitro groups is 1. The van der Waals surface area contributed by atoms with Crippen molar-refractivity contribution in [3.8, 4) is 17.2 Å². The van der Waals surface area contributed by atoms with Gasteiger partial charge >= 0.3 is 12.1 Å². The van der Waals surface area contributed by atoms with Gasteiger partial charge in [-0.2, -0.15) is 0 Å². The summed E-state index contributed by atoms with van der Waals surface area (Å²) in [6, 6.07) is 16.4. The predicted octanol–water partition coefficient (Wildman–Crippen LogP) is 3.23. The molecule has 13 heteroatoms. The molecule has 3 rings (SSSR count). The standard InChI is InChI=1S/C29H31N3O10/c1-38-24-9-8-23(32(36)37)13-22(24)18-42-28(34)16-20-14-25(39-2)26(40-10-11-41-29(30)35)15-21(20)17-31-27(33)12-19-6-4-3-5-7-19/h3-9,13-15H,10-12,16-18H2,1-2H3,(H2,30,35)(H,31,33). The number of methoxy groups -OCH3 is 2. The molecule has 0 spiro atoms. The summed E-state index contributed by atoms with van der Waals surface area (Å²) >= 11 is 0. The van der Waals surface area contributed by atoms with Crippen molar-refractivity contribution in [2.24, 2.45) is 5.73 Å². The Morgan fingerprint density at radius 1 is 0.833 bits per heavy atom. The van der Waals surface area contributed by atoms with Gasteiger partial charge in [-0.3, -0.25) is 19.7 Å². The Hall–Kier alpha value is -5.33. The van der Waals surface area contributed by atoms with Crippen LogP contribution in [-0.4, -0.2) is 50.3 Å². The summed E-state index contributed by atoms with van der Waals surface area (Å²) in [5.74, 6) is 0.0401. The molecule has 42 heavy (non-hydrogen) atoms. The van der Waals surface area contributed by atoms with Crippen LogP contribution in [0, 0.1) is 10.1 Å². The third-order valence-corrected chi connectivity index (χ3v) is 5.95. The van der Waals surface area contributed by atoms with E-state index in [1.807, 2.05) is 30.3 Å². The lowest BCUT2D eigenvalue weighted by Crippen LogP contribution is -2.25. The van der Waals surface area contributed by atoms with Crippen LogP contribution in [0.2, 0.25) is 0 Å². The first-order chi connectivity index (χ1) is 20.2. The zero-order valence-electron chi connectivity index (χ0n) is 23.1. The van der Waals surface area contributed by atoms with E-state index < -0.39 is 17.0 Å². The lowest BCUT2D eigenvalue weighted by Gasteiger charge is -2.17. The van der Waals surface area contributed by atoms with E-state index in [0.29, 0.717) is 22.4 Å². The van der Waals surface area contributed by atoms with E-state index in [1.165, 1.54) is 32.4 Å². The maximum atomic E-state index is 12.9. The molecule has 0 fully saturated rings. The topological polar surface area (TPSA) is 179 Å². The number of hydrogen-bond acceptors (Lipinski definition) is 10. The zero-order valence-corrected chi connectivity index (χ0v) is 23.1. The molecule has 0 atom stereocenters. The van der Waals surface area contributed by atoms with Gasteiger partial charge in [-0.1, -0.05) is 30.3 Å². The van der Waals surface area contributed by atoms with Crippen molar-refractivity contribution < 1.29 is 43.0 Å². The van der Waals surface area contributed by atoms with Crippen LogP contribution in [0.5, 0.6) is 17.2 Å². The van der Waals surface area contributed by atoms with E-state index in [0.717, 1.165) is 5.56 Å². The third kappa shape index (κ3) is 9.40. The minimum absolute atomic E-state index is 0.0223. The Kier molecular flexibility index (Phi) is 11.5. The van der Waals surface area contributed by atoms with Crippen LogP contribution in [0.4, 0.5) is 10.5 Å². The molecule has 0 bridgehead atoms. The molecular weight excluding hydrogens is 550 g/mol. The number of carbonyl (C=O) groups excluding carboxylic acids is 3. The number of primary amides is 1. The highest BCUT2D eigenvalue weighted by Gasteiger charge is 2.18. The number of amides is 2. The second-order valence-corrected chi connectivity index (χ2v) is 8.82. The molecule has 0 saturated heterocycles. The summed E-state index contributed by atoms with van der Waals surface area (Å²) in [5.41, 5.74) is 7.01. The van der Waals surface area contributed by atoms with Gasteiger partial charge in [0.2, 0.25) is 5.91 Å². The first-order valence-electron chi connectivity index (χ1n) is 12.7. The minimum atomic E-state index is -0.941. The summed E-state index contributed by atoms with van der Waals surface area (Å²) < 4.78 is 26.4. The van der Waals surface area contributed by atoms with Crippen LogP contribution in [0.25, 0.3) is 0 Å². The quantitative estimate of drug-likeness (QED) is 0.117. The number of nitrogens with one attached hydrogen (secondary N) is 1. The van der Waals surface area contributed by atoms with Crippen LogP contribution in [0.1, 0.15) is 22.3 Å². The average molecular weight is 582 g/mol. The molecule has 0 radical (unpaired) electrons. The maximum Gasteiger partial charge on any atom is 0.404 e. The number of hydrogen-bond donors (Lipinski definition) is 2. The molecule has 222 valence electrons. The summed E-state index contributed by atoms with van der Waals surface area (Å²) in [6.45, 7) is -0.321. The molecule has 3 N–H and O–H groups in total. The highest BCUT2D eigenvalue weighted by molar-refractivity contribution is 5.79. The predicted molar refractivity (Wildman–Crippen MR) is 149 cm³/mol. The van der Waals surface area contributed by atoms with Gasteiger partial charge in [0.05, 0.1) is 32.0 Å². The summed E-state index contributed by atoms with van der Waals surface area (Å²) in [7, 11) is 2.82. The second-order valence-electron chi connectivity index (χ2n) is 8.82. The molecule has 13 nitrogen and oxygen atoms in total. The van der Waals surface area contributed by atoms with Crippen molar-refractivity contribution >= 4 is 23.7 Å². The molecule has 0 aliphatic rings. The first kappa shape index (κ1) is 31.2. The van der Waals surface area contributed by atoms with E-state index in [2.05, 4.69) is 10.1 Å². The van der Waals surface area contributed by atoms with E-state index >= 15 is 0 Å². The number of nitrogens with two attached hydrogens (primary N) is 1. The van der Waals surface area contributed by atoms with Gasteiger partial charge in [0.1, 0.15) is 25.6 Å². The van der Waals surface area contributed by atoms with E-state index in [9.17, 15) is 24.5 Å². The monoisotopic (exact) mass is 581 g/mol. The van der Waals surface area contributed by atoms with Crippen molar-refractivity contribution in [1.82, 2.24) is 5.32 Å². The molecular formula is C29H31N3O10.